The van der Waals surface area contributed by atoms with E-state index in [1.54, 1.807) is 30.3 Å². The van der Waals surface area contributed by atoms with Crippen molar-refractivity contribution in [2.24, 2.45) is 17.3 Å². The van der Waals surface area contributed by atoms with Crippen LogP contribution in [0.4, 0.5) is 0 Å². The molecule has 2 aromatic rings. The second-order valence-electron chi connectivity index (χ2n) is 7.69. The first kappa shape index (κ1) is 18.2. The molecule has 0 saturated heterocycles. The van der Waals surface area contributed by atoms with Crippen LogP contribution in [0.25, 0.3) is 0 Å². The summed E-state index contributed by atoms with van der Waals surface area (Å²) in [5, 5.41) is 0. The van der Waals surface area contributed by atoms with E-state index in [1.165, 1.54) is 11.8 Å². The van der Waals surface area contributed by atoms with E-state index in [0.717, 1.165) is 0 Å². The molecule has 1 fully saturated rings. The van der Waals surface area contributed by atoms with Gasteiger partial charge in [-0.1, -0.05) is 55.8 Å². The van der Waals surface area contributed by atoms with E-state index in [1.807, 2.05) is 19.9 Å². The first-order valence-corrected chi connectivity index (χ1v) is 8.79. The maximum absolute atomic E-state index is 12.4. The number of rotatable bonds is 6. The predicted molar refractivity (Wildman–Crippen MR) is 98.6 cm³/mol. The fourth-order valence-corrected chi connectivity index (χ4v) is 3.34. The van der Waals surface area contributed by atoms with Crippen LogP contribution in [0.2, 0.25) is 0 Å². The molecule has 0 amide bonds. The van der Waals surface area contributed by atoms with E-state index < -0.39 is 0 Å². The molecule has 1 aliphatic carbocycles. The monoisotopic (exact) mass is 352 g/mol. The lowest BCUT2D eigenvalue weighted by Crippen LogP contribution is -2.10. The van der Waals surface area contributed by atoms with Crippen molar-refractivity contribution in [1.29, 1.82) is 0 Å². The Hall–Kier alpha value is -2.62. The average molecular weight is 352 g/mol. The van der Waals surface area contributed by atoms with Crippen LogP contribution in [0.1, 0.15) is 49.4 Å². The van der Waals surface area contributed by atoms with Gasteiger partial charge in [-0.15, -0.1) is 0 Å². The fraction of sp³-hybridized carbons (Fsp3) is 0.364. The van der Waals surface area contributed by atoms with Gasteiger partial charge in [-0.2, -0.15) is 0 Å². The van der Waals surface area contributed by atoms with Gasteiger partial charge in [0, 0.05) is 11.1 Å². The topological polar surface area (TPSA) is 56.5 Å². The lowest BCUT2D eigenvalue weighted by Gasteiger charge is -2.03. The maximum Gasteiger partial charge on any atom is 0.310 e. The number of carbonyl (C=O) groups excluding carboxylic acids is 2. The van der Waals surface area contributed by atoms with Gasteiger partial charge in [0.2, 0.25) is 5.78 Å². The van der Waals surface area contributed by atoms with Crippen LogP contribution >= 0.6 is 0 Å². The molecule has 1 aromatic heterocycles. The second kappa shape index (κ2) is 6.94. The number of ether oxygens (including phenoxy) is 1. The summed E-state index contributed by atoms with van der Waals surface area (Å²) in [5.74, 6) is -0.0320. The highest BCUT2D eigenvalue weighted by molar-refractivity contribution is 6.07. The Morgan fingerprint density at radius 1 is 1.19 bits per heavy atom. The van der Waals surface area contributed by atoms with Crippen LogP contribution in [-0.2, 0) is 16.1 Å². The number of esters is 1. The minimum Gasteiger partial charge on any atom is -0.460 e. The van der Waals surface area contributed by atoms with Crippen LogP contribution in [0.3, 0.4) is 0 Å². The van der Waals surface area contributed by atoms with Crippen molar-refractivity contribution in [1.82, 2.24) is 0 Å². The molecule has 26 heavy (non-hydrogen) atoms. The molecule has 136 valence electrons. The average Bonchev–Trinajstić information content (AvgIpc) is 2.97. The Balaban J connectivity index is 1.60. The summed E-state index contributed by atoms with van der Waals surface area (Å²) in [7, 11) is 0. The molecule has 1 aliphatic rings. The summed E-state index contributed by atoms with van der Waals surface area (Å²) in [4.78, 5) is 24.7. The zero-order valence-electron chi connectivity index (χ0n) is 15.6. The molecule has 2 atom stereocenters. The van der Waals surface area contributed by atoms with E-state index in [9.17, 15) is 9.59 Å². The molecule has 1 heterocycles. The summed E-state index contributed by atoms with van der Waals surface area (Å²) >= 11 is 0. The number of benzene rings is 1. The van der Waals surface area contributed by atoms with Gasteiger partial charge in [-0.05, 0) is 31.2 Å². The molecule has 1 aromatic carbocycles. The Morgan fingerprint density at radius 2 is 1.88 bits per heavy atom. The largest absolute Gasteiger partial charge is 0.460 e. The highest BCUT2D eigenvalue weighted by atomic mass is 16.5. The van der Waals surface area contributed by atoms with Gasteiger partial charge in [-0.25, -0.2) is 0 Å². The van der Waals surface area contributed by atoms with Gasteiger partial charge in [0.15, 0.2) is 5.76 Å². The van der Waals surface area contributed by atoms with Crippen LogP contribution in [0, 0.1) is 17.3 Å². The van der Waals surface area contributed by atoms with Gasteiger partial charge in [-0.3, -0.25) is 9.59 Å². The molecule has 4 heteroatoms. The van der Waals surface area contributed by atoms with Gasteiger partial charge in [0.05, 0.1) is 12.2 Å². The number of carbonyl (C=O) groups is 2. The molecule has 0 aliphatic heterocycles. The number of hydrogen-bond acceptors (Lipinski definition) is 4. The van der Waals surface area contributed by atoms with Gasteiger partial charge in [0.1, 0.15) is 6.61 Å². The zero-order chi connectivity index (χ0) is 18.9. The highest BCUT2D eigenvalue weighted by Crippen LogP contribution is 2.59. The summed E-state index contributed by atoms with van der Waals surface area (Å²) < 4.78 is 10.8. The van der Waals surface area contributed by atoms with Crippen LogP contribution in [0.15, 0.2) is 58.7 Å². The van der Waals surface area contributed by atoms with Gasteiger partial charge in [0.25, 0.3) is 0 Å². The third-order valence-corrected chi connectivity index (χ3v) is 4.97. The first-order valence-electron chi connectivity index (χ1n) is 8.79. The van der Waals surface area contributed by atoms with Crippen molar-refractivity contribution in [2.45, 2.75) is 34.3 Å². The summed E-state index contributed by atoms with van der Waals surface area (Å²) in [5.41, 5.74) is 2.38. The van der Waals surface area contributed by atoms with E-state index in [2.05, 4.69) is 19.9 Å². The Kier molecular flexibility index (Phi) is 4.86. The summed E-state index contributed by atoms with van der Waals surface area (Å²) in [6.07, 6.45) is 3.61. The third-order valence-electron chi connectivity index (χ3n) is 4.97. The number of ketones is 1. The molecule has 0 bridgehead atoms. The Bertz CT molecular complexity index is 838. The molecular weight excluding hydrogens is 328 g/mol. The first-order chi connectivity index (χ1) is 12.3. The van der Waals surface area contributed by atoms with Gasteiger partial charge < -0.3 is 9.15 Å². The van der Waals surface area contributed by atoms with Crippen molar-refractivity contribution < 1.29 is 18.7 Å². The number of hydrogen-bond donors (Lipinski definition) is 0. The molecule has 1 saturated carbocycles. The van der Waals surface area contributed by atoms with E-state index in [4.69, 9.17) is 9.15 Å². The quantitative estimate of drug-likeness (QED) is 0.426. The molecule has 2 unspecified atom stereocenters. The summed E-state index contributed by atoms with van der Waals surface area (Å²) in [6.45, 7) is 8.34. The minimum atomic E-state index is -0.199. The second-order valence-corrected chi connectivity index (χ2v) is 7.69. The van der Waals surface area contributed by atoms with Crippen molar-refractivity contribution in [3.05, 3.63) is 71.2 Å². The summed E-state index contributed by atoms with van der Waals surface area (Å²) in [6, 6.07) is 10.6. The molecule has 0 N–H and O–H groups in total. The Labute approximate surface area is 153 Å². The van der Waals surface area contributed by atoms with Gasteiger partial charge >= 0.3 is 5.97 Å². The lowest BCUT2D eigenvalue weighted by atomic mass is 10.1. The number of furan rings is 1. The number of allylic oxidation sites excluding steroid dienone is 2. The van der Waals surface area contributed by atoms with E-state index in [0.29, 0.717) is 11.1 Å². The van der Waals surface area contributed by atoms with Crippen molar-refractivity contribution in [2.75, 3.05) is 0 Å². The van der Waals surface area contributed by atoms with E-state index >= 15 is 0 Å². The highest BCUT2D eigenvalue weighted by Gasteiger charge is 2.61. The van der Waals surface area contributed by atoms with Crippen LogP contribution in [0.5, 0.6) is 0 Å². The normalized spacial score (nSPS) is 20.3. The molecule has 4 nitrogen and oxygen atoms in total. The van der Waals surface area contributed by atoms with Crippen molar-refractivity contribution in [3.63, 3.8) is 0 Å². The maximum atomic E-state index is 12.4. The zero-order valence-corrected chi connectivity index (χ0v) is 15.6. The third kappa shape index (κ3) is 3.64. The van der Waals surface area contributed by atoms with E-state index in [-0.39, 0.29) is 41.4 Å². The molecule has 0 spiro atoms. The van der Waals surface area contributed by atoms with Crippen molar-refractivity contribution >= 4 is 11.8 Å². The Morgan fingerprint density at radius 3 is 2.54 bits per heavy atom. The molecule has 0 radical (unpaired) electrons. The minimum absolute atomic E-state index is 0.0703. The van der Waals surface area contributed by atoms with Crippen molar-refractivity contribution in [3.8, 4) is 0 Å². The SMILES string of the molecule is CC(C)=CC1C(C(=O)OCc2coc(C(=O)c3ccccc3)c2)C1(C)C. The van der Waals surface area contributed by atoms with Crippen LogP contribution < -0.4 is 0 Å². The molecule has 3 rings (SSSR count). The van der Waals surface area contributed by atoms with Crippen LogP contribution in [-0.4, -0.2) is 11.8 Å². The fourth-order valence-electron chi connectivity index (χ4n) is 3.34. The predicted octanol–water partition coefficient (Wildman–Crippen LogP) is 4.79. The standard InChI is InChI=1S/C22H24O4/c1-14(2)10-17-19(22(17,3)4)21(24)26-13-15-11-18(25-12-15)20(23)16-8-6-5-7-9-16/h5-12,17,19H,13H2,1-4H3. The smallest absolute Gasteiger partial charge is 0.310 e. The molecular formula is C22H24O4. The lowest BCUT2D eigenvalue weighted by molar-refractivity contribution is -0.147.